The Labute approximate surface area is 369 Å². The maximum Gasteiger partial charge on any atom is 0.407 e. The lowest BCUT2D eigenvalue weighted by Gasteiger charge is -2.29. The van der Waals surface area contributed by atoms with E-state index < -0.39 is 12.2 Å². The van der Waals surface area contributed by atoms with E-state index >= 15 is 0 Å². The van der Waals surface area contributed by atoms with Gasteiger partial charge >= 0.3 is 6.09 Å². The minimum Gasteiger partial charge on any atom is -0.444 e. The average molecular weight is 840 g/mol. The monoisotopic (exact) mass is 840 g/mol. The summed E-state index contributed by atoms with van der Waals surface area (Å²) in [7, 11) is 1.73. The predicted octanol–water partition coefficient (Wildman–Crippen LogP) is 16.0. The first-order valence-electron chi connectivity index (χ1n) is 25.9. The second kappa shape index (κ2) is 42.4. The second-order valence-corrected chi connectivity index (χ2v) is 19.2. The van der Waals surface area contributed by atoms with Crippen LogP contribution in [-0.4, -0.2) is 69.6 Å². The Morgan fingerprint density at radius 3 is 1.25 bits per heavy atom. The summed E-state index contributed by atoms with van der Waals surface area (Å²) in [4.78, 5) is 12.8. The second-order valence-electron chi connectivity index (χ2n) is 19.2. The summed E-state index contributed by atoms with van der Waals surface area (Å²) in [5, 5.41) is 2.93. The van der Waals surface area contributed by atoms with E-state index in [4.69, 9.17) is 23.7 Å². The van der Waals surface area contributed by atoms with Gasteiger partial charge in [0.15, 0.2) is 0 Å². The van der Waals surface area contributed by atoms with Gasteiger partial charge in [0.2, 0.25) is 0 Å². The van der Waals surface area contributed by atoms with Crippen molar-refractivity contribution in [3.05, 3.63) is 0 Å². The first-order chi connectivity index (χ1) is 28.6. The van der Waals surface area contributed by atoms with E-state index in [0.29, 0.717) is 32.8 Å². The summed E-state index contributed by atoms with van der Waals surface area (Å²) in [6.07, 6.45) is 43.8. The van der Waals surface area contributed by atoms with Crippen molar-refractivity contribution in [2.75, 3.05) is 40.1 Å². The average Bonchev–Trinajstić information content (AvgIpc) is 3.20. The normalized spacial score (nSPS) is 13.2. The molecule has 0 rings (SSSR count). The van der Waals surface area contributed by atoms with Crippen molar-refractivity contribution in [2.45, 2.75) is 290 Å². The molecule has 0 aromatic carbocycles. The van der Waals surface area contributed by atoms with Gasteiger partial charge in [0, 0.05) is 26.9 Å². The number of unbranched alkanes of at least 4 members (excludes halogenated alkanes) is 30. The molecule has 59 heavy (non-hydrogen) atoms. The largest absolute Gasteiger partial charge is 0.444 e. The first kappa shape index (κ1) is 58.1. The molecule has 0 aromatic rings. The van der Waals surface area contributed by atoms with Crippen LogP contribution in [0.2, 0.25) is 0 Å². The van der Waals surface area contributed by atoms with Gasteiger partial charge in [-0.1, -0.05) is 206 Å². The molecule has 0 spiro atoms. The van der Waals surface area contributed by atoms with E-state index in [1.165, 1.54) is 193 Å². The Kier molecular flexibility index (Phi) is 41.8. The SMILES string of the molecule is CCCCCCCCCCCCCCCCCCOCC(OCCCCCCCCCCCCCCCCCC)C(C)OC(=O)NCCC(C)(C)OCCC(C)(C)OC. The molecule has 0 heterocycles. The van der Waals surface area contributed by atoms with Crippen molar-refractivity contribution in [3.8, 4) is 0 Å². The van der Waals surface area contributed by atoms with Gasteiger partial charge in [-0.2, -0.15) is 0 Å². The lowest BCUT2D eigenvalue weighted by atomic mass is 10.0. The summed E-state index contributed by atoms with van der Waals surface area (Å²) in [6, 6.07) is 0. The first-order valence-corrected chi connectivity index (χ1v) is 25.9. The summed E-state index contributed by atoms with van der Waals surface area (Å²) >= 11 is 0. The van der Waals surface area contributed by atoms with Gasteiger partial charge in [-0.15, -0.1) is 0 Å². The molecule has 1 N–H and O–H groups in total. The highest BCUT2D eigenvalue weighted by molar-refractivity contribution is 5.67. The van der Waals surface area contributed by atoms with Crippen LogP contribution in [0.5, 0.6) is 0 Å². The van der Waals surface area contributed by atoms with Gasteiger partial charge in [0.1, 0.15) is 12.2 Å². The molecule has 7 heteroatoms. The molecule has 0 bridgehead atoms. The number of alkyl carbamates (subject to hydrolysis) is 1. The fraction of sp³-hybridized carbons (Fsp3) is 0.981. The molecule has 0 aliphatic rings. The van der Waals surface area contributed by atoms with E-state index in [1.54, 1.807) is 7.11 Å². The maximum absolute atomic E-state index is 12.8. The molecular formula is C52H105NO6. The fourth-order valence-corrected chi connectivity index (χ4v) is 7.66. The zero-order valence-corrected chi connectivity index (χ0v) is 41.2. The van der Waals surface area contributed by atoms with Gasteiger partial charge in [-0.25, -0.2) is 4.79 Å². The van der Waals surface area contributed by atoms with Crippen LogP contribution in [0.15, 0.2) is 0 Å². The third-order valence-electron chi connectivity index (χ3n) is 12.3. The van der Waals surface area contributed by atoms with E-state index in [0.717, 1.165) is 25.9 Å². The number of hydrogen-bond acceptors (Lipinski definition) is 6. The van der Waals surface area contributed by atoms with Crippen molar-refractivity contribution in [1.82, 2.24) is 5.32 Å². The summed E-state index contributed by atoms with van der Waals surface area (Å²) < 4.78 is 29.9. The third-order valence-corrected chi connectivity index (χ3v) is 12.3. The number of amides is 1. The molecule has 0 aliphatic carbocycles. The Morgan fingerprint density at radius 2 is 0.864 bits per heavy atom. The number of rotatable bonds is 47. The molecule has 0 aromatic heterocycles. The van der Waals surface area contributed by atoms with Crippen molar-refractivity contribution >= 4 is 6.09 Å². The Hall–Kier alpha value is -0.890. The lowest BCUT2D eigenvalue weighted by Crippen LogP contribution is -2.40. The standard InChI is InChI=1S/C52H105NO6/c1-9-11-13-15-17-19-21-23-25-27-29-31-33-35-37-39-44-56-47-49(48(3)59-50(54)53-43-41-52(6,7)58-46-42-51(4,5)55-8)57-45-40-38-36-34-32-30-28-26-24-22-20-18-16-14-12-10-2/h48-49H,9-47H2,1-8H3,(H,53,54). The summed E-state index contributed by atoms with van der Waals surface area (Å²) in [5.74, 6) is 0. The van der Waals surface area contributed by atoms with Gasteiger partial charge < -0.3 is 29.0 Å². The fourth-order valence-electron chi connectivity index (χ4n) is 7.66. The van der Waals surface area contributed by atoms with E-state index in [9.17, 15) is 4.79 Å². The topological polar surface area (TPSA) is 75.3 Å². The van der Waals surface area contributed by atoms with Crippen LogP contribution in [0.4, 0.5) is 4.79 Å². The van der Waals surface area contributed by atoms with E-state index in [1.807, 2.05) is 6.92 Å². The van der Waals surface area contributed by atoms with Gasteiger partial charge in [-0.3, -0.25) is 0 Å². The number of ether oxygens (including phenoxy) is 5. The Balaban J connectivity index is 4.36. The molecule has 0 aliphatic heterocycles. The lowest BCUT2D eigenvalue weighted by molar-refractivity contribution is -0.0783. The zero-order chi connectivity index (χ0) is 43.6. The highest BCUT2D eigenvalue weighted by Gasteiger charge is 2.24. The van der Waals surface area contributed by atoms with E-state index in [2.05, 4.69) is 46.9 Å². The molecular weight excluding hydrogens is 735 g/mol. The van der Waals surface area contributed by atoms with Crippen molar-refractivity contribution < 1.29 is 28.5 Å². The van der Waals surface area contributed by atoms with Crippen LogP contribution in [-0.2, 0) is 23.7 Å². The number of methoxy groups -OCH3 is 1. The minimum absolute atomic E-state index is 0.214. The molecule has 0 saturated carbocycles. The van der Waals surface area contributed by atoms with Crippen LogP contribution in [0, 0.1) is 0 Å². The van der Waals surface area contributed by atoms with Crippen LogP contribution in [0.25, 0.3) is 0 Å². The Bertz CT molecular complexity index is 866. The van der Waals surface area contributed by atoms with Crippen molar-refractivity contribution in [2.24, 2.45) is 0 Å². The highest BCUT2D eigenvalue weighted by Crippen LogP contribution is 2.20. The summed E-state index contributed by atoms with van der Waals surface area (Å²) in [6.45, 7) is 17.7. The molecule has 7 nitrogen and oxygen atoms in total. The number of nitrogens with one attached hydrogen (secondary N) is 1. The zero-order valence-electron chi connectivity index (χ0n) is 41.2. The van der Waals surface area contributed by atoms with Crippen LogP contribution >= 0.6 is 0 Å². The number of carbonyl (C=O) groups is 1. The number of carbonyl (C=O) groups excluding carboxylic acids is 1. The molecule has 1 amide bonds. The molecule has 0 saturated heterocycles. The third kappa shape index (κ3) is 42.2. The van der Waals surface area contributed by atoms with Gasteiger partial charge in [-0.05, 0) is 60.3 Å². The quantitative estimate of drug-likeness (QED) is 0.0615. The van der Waals surface area contributed by atoms with Crippen molar-refractivity contribution in [3.63, 3.8) is 0 Å². The highest BCUT2D eigenvalue weighted by atomic mass is 16.6. The number of hydrogen-bond donors (Lipinski definition) is 1. The summed E-state index contributed by atoms with van der Waals surface area (Å²) in [5.41, 5.74) is -0.573. The Morgan fingerprint density at radius 1 is 0.492 bits per heavy atom. The molecule has 0 fully saturated rings. The predicted molar refractivity (Wildman–Crippen MR) is 254 cm³/mol. The molecule has 354 valence electrons. The van der Waals surface area contributed by atoms with Crippen molar-refractivity contribution in [1.29, 1.82) is 0 Å². The van der Waals surface area contributed by atoms with Crippen LogP contribution < -0.4 is 5.32 Å². The van der Waals surface area contributed by atoms with Crippen LogP contribution in [0.1, 0.15) is 267 Å². The maximum atomic E-state index is 12.8. The van der Waals surface area contributed by atoms with Crippen LogP contribution in [0.3, 0.4) is 0 Å². The minimum atomic E-state index is -0.414. The van der Waals surface area contributed by atoms with E-state index in [-0.39, 0.29) is 17.3 Å². The molecule has 0 radical (unpaired) electrons. The van der Waals surface area contributed by atoms with Gasteiger partial charge in [0.25, 0.3) is 0 Å². The van der Waals surface area contributed by atoms with Gasteiger partial charge in [0.05, 0.1) is 24.4 Å². The molecule has 2 atom stereocenters. The smallest absolute Gasteiger partial charge is 0.407 e. The molecule has 2 unspecified atom stereocenters.